The smallest absolute Gasteiger partial charge is 0.0732 e. The maximum Gasteiger partial charge on any atom is 0.0732 e. The first-order chi connectivity index (χ1) is 6.68. The summed E-state index contributed by atoms with van der Waals surface area (Å²) < 4.78 is 1.75. The minimum Gasteiger partial charge on any atom is -0.397 e. The fourth-order valence-electron chi connectivity index (χ4n) is 1.42. The number of nitrogens with two attached hydrogens (primary N) is 1. The van der Waals surface area contributed by atoms with Crippen molar-refractivity contribution in [3.05, 3.63) is 24.3 Å². The first kappa shape index (κ1) is 8.68. The molecule has 2 aromatic rings. The molecule has 72 valence electrons. The highest BCUT2D eigenvalue weighted by molar-refractivity contribution is 5.75. The first-order valence-corrected chi connectivity index (χ1v) is 4.25. The Kier molecular flexibility index (Phi) is 1.92. The van der Waals surface area contributed by atoms with Gasteiger partial charge in [-0.3, -0.25) is 4.68 Å². The number of hydrogen-bond donors (Lipinski definition) is 1. The Morgan fingerprint density at radius 3 is 2.50 bits per heavy atom. The van der Waals surface area contributed by atoms with Gasteiger partial charge in [-0.05, 0) is 6.92 Å². The maximum absolute atomic E-state index is 5.79. The van der Waals surface area contributed by atoms with E-state index in [0.29, 0.717) is 5.69 Å². The van der Waals surface area contributed by atoms with Crippen molar-refractivity contribution in [1.29, 1.82) is 0 Å². The topological polar surface area (TPSA) is 69.6 Å². The third-order valence-electron chi connectivity index (χ3n) is 2.06. The average molecular weight is 189 g/mol. The van der Waals surface area contributed by atoms with Gasteiger partial charge >= 0.3 is 0 Å². The molecule has 0 aliphatic rings. The highest BCUT2D eigenvalue weighted by Crippen LogP contribution is 2.25. The van der Waals surface area contributed by atoms with Crippen LogP contribution in [0.1, 0.15) is 5.69 Å². The van der Waals surface area contributed by atoms with E-state index in [0.717, 1.165) is 16.8 Å². The third kappa shape index (κ3) is 1.32. The van der Waals surface area contributed by atoms with Crippen molar-refractivity contribution in [2.45, 2.75) is 6.92 Å². The molecule has 0 unspecified atom stereocenters. The molecule has 2 N–H and O–H groups in total. The summed E-state index contributed by atoms with van der Waals surface area (Å²) in [6.45, 7) is 1.94. The number of rotatable bonds is 1. The molecule has 2 rings (SSSR count). The molecule has 0 radical (unpaired) electrons. The third-order valence-corrected chi connectivity index (χ3v) is 2.06. The van der Waals surface area contributed by atoms with E-state index in [1.807, 2.05) is 20.2 Å². The fraction of sp³-hybridized carbons (Fsp3) is 0.222. The minimum atomic E-state index is 0.621. The zero-order valence-corrected chi connectivity index (χ0v) is 8.10. The van der Waals surface area contributed by atoms with Crippen LogP contribution in [0.3, 0.4) is 0 Å². The monoisotopic (exact) mass is 189 g/mol. The largest absolute Gasteiger partial charge is 0.397 e. The number of aryl methyl sites for hydroxylation is 2. The van der Waals surface area contributed by atoms with E-state index in [9.17, 15) is 0 Å². The van der Waals surface area contributed by atoms with Gasteiger partial charge in [0, 0.05) is 24.4 Å². The van der Waals surface area contributed by atoms with Crippen LogP contribution in [0.4, 0.5) is 5.69 Å². The molecule has 0 bridgehead atoms. The summed E-state index contributed by atoms with van der Waals surface area (Å²) in [4.78, 5) is 0. The van der Waals surface area contributed by atoms with Crippen LogP contribution in [0.15, 0.2) is 18.6 Å². The predicted octanol–water partition coefficient (Wildman–Crippen LogP) is 0.768. The van der Waals surface area contributed by atoms with Crippen LogP contribution in [0, 0.1) is 6.92 Å². The predicted molar refractivity (Wildman–Crippen MR) is 53.4 cm³/mol. The molecule has 2 aromatic heterocycles. The molecule has 0 fully saturated rings. The van der Waals surface area contributed by atoms with Crippen LogP contribution in [0.5, 0.6) is 0 Å². The van der Waals surface area contributed by atoms with Crippen molar-refractivity contribution in [2.24, 2.45) is 7.05 Å². The van der Waals surface area contributed by atoms with E-state index in [2.05, 4.69) is 15.3 Å². The lowest BCUT2D eigenvalue weighted by Gasteiger charge is -2.00. The van der Waals surface area contributed by atoms with Gasteiger partial charge in [-0.1, -0.05) is 0 Å². The molecule has 2 heterocycles. The van der Waals surface area contributed by atoms with Gasteiger partial charge in [0.1, 0.15) is 0 Å². The normalized spacial score (nSPS) is 10.4. The molecule has 0 atom stereocenters. The lowest BCUT2D eigenvalue weighted by atomic mass is 10.1. The number of hydrogen-bond acceptors (Lipinski definition) is 4. The minimum absolute atomic E-state index is 0.621. The van der Waals surface area contributed by atoms with E-state index < -0.39 is 0 Å². The van der Waals surface area contributed by atoms with Gasteiger partial charge in [0.2, 0.25) is 0 Å². The summed E-state index contributed by atoms with van der Waals surface area (Å²) in [6.07, 6.45) is 5.11. The van der Waals surface area contributed by atoms with Gasteiger partial charge in [0.25, 0.3) is 0 Å². The van der Waals surface area contributed by atoms with Crippen molar-refractivity contribution in [1.82, 2.24) is 20.0 Å². The second-order valence-corrected chi connectivity index (χ2v) is 3.16. The first-order valence-electron chi connectivity index (χ1n) is 4.25. The Balaban J connectivity index is 2.60. The molecule has 0 amide bonds. The van der Waals surface area contributed by atoms with Crippen LogP contribution in [0.25, 0.3) is 11.1 Å². The van der Waals surface area contributed by atoms with E-state index in [1.165, 1.54) is 0 Å². The van der Waals surface area contributed by atoms with Crippen molar-refractivity contribution in [3.8, 4) is 11.1 Å². The zero-order chi connectivity index (χ0) is 10.1. The summed E-state index contributed by atoms with van der Waals surface area (Å²) in [6, 6.07) is 0. The van der Waals surface area contributed by atoms with Gasteiger partial charge in [-0.15, -0.1) is 0 Å². The molecule has 0 aliphatic heterocycles. The molecule has 0 spiro atoms. The molecule has 0 saturated carbocycles. The number of nitrogen functional groups attached to an aromatic ring is 1. The lowest BCUT2D eigenvalue weighted by molar-refractivity contribution is 0.756. The van der Waals surface area contributed by atoms with E-state index >= 15 is 0 Å². The van der Waals surface area contributed by atoms with Crippen LogP contribution in [-0.2, 0) is 7.05 Å². The second-order valence-electron chi connectivity index (χ2n) is 3.16. The van der Waals surface area contributed by atoms with E-state index in [4.69, 9.17) is 5.73 Å². The van der Waals surface area contributed by atoms with Crippen LogP contribution in [0.2, 0.25) is 0 Å². The molecular formula is C9H11N5. The molecule has 0 aromatic carbocycles. The molecule has 5 heteroatoms. The molecule has 0 saturated heterocycles. The molecular weight excluding hydrogens is 178 g/mol. The van der Waals surface area contributed by atoms with E-state index in [1.54, 1.807) is 17.1 Å². The summed E-state index contributed by atoms with van der Waals surface area (Å²) in [5.41, 5.74) is 9.23. The SMILES string of the molecule is Cc1nn(C)cc1-c1cnncc1N. The van der Waals surface area contributed by atoms with Crippen LogP contribution in [-0.4, -0.2) is 20.0 Å². The van der Waals surface area contributed by atoms with Crippen molar-refractivity contribution < 1.29 is 0 Å². The molecule has 5 nitrogen and oxygen atoms in total. The Morgan fingerprint density at radius 1 is 1.21 bits per heavy atom. The van der Waals surface area contributed by atoms with Gasteiger partial charge < -0.3 is 5.73 Å². The Bertz CT molecular complexity index is 460. The molecule has 0 aliphatic carbocycles. The zero-order valence-electron chi connectivity index (χ0n) is 8.10. The van der Waals surface area contributed by atoms with Gasteiger partial charge in [0.05, 0.1) is 23.8 Å². The Labute approximate surface area is 81.6 Å². The Morgan fingerprint density at radius 2 is 1.93 bits per heavy atom. The summed E-state index contributed by atoms with van der Waals surface area (Å²) in [5.74, 6) is 0. The summed E-state index contributed by atoms with van der Waals surface area (Å²) in [5, 5.41) is 11.8. The Hall–Kier alpha value is -1.91. The number of anilines is 1. The molecule has 14 heavy (non-hydrogen) atoms. The summed E-state index contributed by atoms with van der Waals surface area (Å²) >= 11 is 0. The van der Waals surface area contributed by atoms with Gasteiger partial charge in [-0.2, -0.15) is 15.3 Å². The van der Waals surface area contributed by atoms with Gasteiger partial charge in [-0.25, -0.2) is 0 Å². The second kappa shape index (κ2) is 3.10. The fourth-order valence-corrected chi connectivity index (χ4v) is 1.42. The quantitative estimate of drug-likeness (QED) is 0.719. The van der Waals surface area contributed by atoms with Crippen LogP contribution < -0.4 is 5.73 Å². The summed E-state index contributed by atoms with van der Waals surface area (Å²) in [7, 11) is 1.88. The van der Waals surface area contributed by atoms with Crippen molar-refractivity contribution in [2.75, 3.05) is 5.73 Å². The van der Waals surface area contributed by atoms with E-state index in [-0.39, 0.29) is 0 Å². The lowest BCUT2D eigenvalue weighted by Crippen LogP contribution is -1.93. The highest BCUT2D eigenvalue weighted by Gasteiger charge is 2.08. The van der Waals surface area contributed by atoms with Crippen LogP contribution >= 0.6 is 0 Å². The van der Waals surface area contributed by atoms with Crippen molar-refractivity contribution in [3.63, 3.8) is 0 Å². The number of aromatic nitrogens is 4. The maximum atomic E-state index is 5.79. The number of nitrogens with zero attached hydrogens (tertiary/aromatic N) is 4. The highest BCUT2D eigenvalue weighted by atomic mass is 15.2. The van der Waals surface area contributed by atoms with Gasteiger partial charge in [0.15, 0.2) is 0 Å². The standard InChI is InChI=1S/C9H11N5/c1-6-8(5-14(2)13-6)7-3-11-12-4-9(7)10/h3-5H,1-2H3,(H2,10,11). The average Bonchev–Trinajstić information content (AvgIpc) is 2.46. The van der Waals surface area contributed by atoms with Crippen molar-refractivity contribution >= 4 is 5.69 Å².